The third-order valence-corrected chi connectivity index (χ3v) is 3.35. The van der Waals surface area contributed by atoms with Gasteiger partial charge in [-0.3, -0.25) is 0 Å². The summed E-state index contributed by atoms with van der Waals surface area (Å²) in [5.41, 5.74) is 8.26. The van der Waals surface area contributed by atoms with Crippen molar-refractivity contribution in [1.82, 2.24) is 19.9 Å². The van der Waals surface area contributed by atoms with Gasteiger partial charge in [-0.2, -0.15) is 0 Å². The van der Waals surface area contributed by atoms with E-state index in [4.69, 9.17) is 5.73 Å². The topological polar surface area (TPSA) is 82.8 Å². The van der Waals surface area contributed by atoms with Crippen LogP contribution in [-0.4, -0.2) is 19.9 Å². The lowest BCUT2D eigenvalue weighted by Gasteiger charge is -2.14. The van der Waals surface area contributed by atoms with Crippen LogP contribution in [0.5, 0.6) is 0 Å². The highest BCUT2D eigenvalue weighted by molar-refractivity contribution is 5.81. The van der Waals surface area contributed by atoms with Gasteiger partial charge < -0.3 is 10.3 Å². The van der Waals surface area contributed by atoms with Crippen LogP contribution in [0.25, 0.3) is 22.6 Å². The first kappa shape index (κ1) is 11.7. The van der Waals surface area contributed by atoms with Crippen LogP contribution in [0, 0.1) is 0 Å². The van der Waals surface area contributed by atoms with E-state index in [0.717, 1.165) is 17.5 Å². The molecule has 0 amide bonds. The molecule has 0 aliphatic rings. The summed E-state index contributed by atoms with van der Waals surface area (Å²) in [7, 11) is 0. The lowest BCUT2D eigenvalue weighted by molar-refractivity contribution is 0.310. The summed E-state index contributed by atoms with van der Waals surface area (Å²) in [6.45, 7) is 4.27. The second-order valence-electron chi connectivity index (χ2n) is 4.55. The molecule has 2 N–H and O–H groups in total. The van der Waals surface area contributed by atoms with Gasteiger partial charge in [0.15, 0.2) is 17.3 Å². The first-order valence-electron chi connectivity index (χ1n) is 6.27. The standard InChI is InChI=1S/C13H15N5O/c1-3-8(2)18-10-7-5-4-6-9(10)15-13(18)11-12(14)17-19-16-11/h4-8H,3H2,1-2H3,(H2,14,17). The number of nitrogens with zero attached hydrogens (tertiary/aromatic N) is 4. The quantitative estimate of drug-likeness (QED) is 0.779. The zero-order valence-corrected chi connectivity index (χ0v) is 10.9. The second-order valence-corrected chi connectivity index (χ2v) is 4.55. The van der Waals surface area contributed by atoms with Crippen molar-refractivity contribution in [3.8, 4) is 11.5 Å². The number of fused-ring (bicyclic) bond motifs is 1. The number of benzene rings is 1. The van der Waals surface area contributed by atoms with Crippen molar-refractivity contribution in [2.24, 2.45) is 0 Å². The molecule has 0 saturated carbocycles. The van der Waals surface area contributed by atoms with Crippen molar-refractivity contribution < 1.29 is 4.63 Å². The lowest BCUT2D eigenvalue weighted by atomic mass is 10.2. The SMILES string of the molecule is CCC(C)n1c(-c2nonc2N)nc2ccccc21. The molecule has 0 aliphatic heterocycles. The molecule has 1 unspecified atom stereocenters. The predicted octanol–water partition coefficient (Wildman–Crippen LogP) is 2.64. The predicted molar refractivity (Wildman–Crippen MR) is 72.4 cm³/mol. The van der Waals surface area contributed by atoms with Gasteiger partial charge in [0.05, 0.1) is 11.0 Å². The summed E-state index contributed by atoms with van der Waals surface area (Å²) >= 11 is 0. The number of hydrogen-bond acceptors (Lipinski definition) is 5. The zero-order valence-electron chi connectivity index (χ0n) is 10.9. The molecule has 1 atom stereocenters. The average Bonchev–Trinajstić information content (AvgIpc) is 3.00. The van der Waals surface area contributed by atoms with Crippen LogP contribution in [0.3, 0.4) is 0 Å². The average molecular weight is 257 g/mol. The van der Waals surface area contributed by atoms with Gasteiger partial charge in [0.1, 0.15) is 0 Å². The van der Waals surface area contributed by atoms with E-state index >= 15 is 0 Å². The Balaban J connectivity index is 2.32. The van der Waals surface area contributed by atoms with Gasteiger partial charge in [0, 0.05) is 6.04 Å². The van der Waals surface area contributed by atoms with Crippen molar-refractivity contribution >= 4 is 16.9 Å². The molecule has 3 rings (SSSR count). The number of para-hydroxylation sites is 2. The molecule has 0 radical (unpaired) electrons. The van der Waals surface area contributed by atoms with Crippen molar-refractivity contribution in [2.75, 3.05) is 5.73 Å². The first-order valence-corrected chi connectivity index (χ1v) is 6.27. The van der Waals surface area contributed by atoms with E-state index in [1.54, 1.807) is 0 Å². The van der Waals surface area contributed by atoms with Crippen LogP contribution in [0.4, 0.5) is 5.82 Å². The van der Waals surface area contributed by atoms with E-state index in [0.29, 0.717) is 17.6 Å². The van der Waals surface area contributed by atoms with E-state index in [9.17, 15) is 0 Å². The van der Waals surface area contributed by atoms with E-state index in [1.807, 2.05) is 24.3 Å². The molecule has 6 heteroatoms. The van der Waals surface area contributed by atoms with E-state index in [-0.39, 0.29) is 5.82 Å². The molecular weight excluding hydrogens is 242 g/mol. The molecule has 0 bridgehead atoms. The Morgan fingerprint density at radius 3 is 2.79 bits per heavy atom. The number of rotatable bonds is 3. The fourth-order valence-corrected chi connectivity index (χ4v) is 2.19. The summed E-state index contributed by atoms with van der Waals surface area (Å²) in [4.78, 5) is 4.61. The molecule has 6 nitrogen and oxygen atoms in total. The Bertz CT molecular complexity index is 715. The minimum absolute atomic E-state index is 0.264. The Kier molecular flexibility index (Phi) is 2.70. The number of imidazole rings is 1. The lowest BCUT2D eigenvalue weighted by Crippen LogP contribution is -2.06. The van der Waals surface area contributed by atoms with Gasteiger partial charge in [0.25, 0.3) is 0 Å². The van der Waals surface area contributed by atoms with Gasteiger partial charge in [-0.15, -0.1) is 0 Å². The van der Waals surface area contributed by atoms with E-state index < -0.39 is 0 Å². The second kappa shape index (κ2) is 4.38. The van der Waals surface area contributed by atoms with Crippen molar-refractivity contribution in [1.29, 1.82) is 0 Å². The summed E-state index contributed by atoms with van der Waals surface area (Å²) in [6, 6.07) is 8.27. The van der Waals surface area contributed by atoms with Gasteiger partial charge in [-0.25, -0.2) is 9.61 Å². The Morgan fingerprint density at radius 2 is 2.11 bits per heavy atom. The fourth-order valence-electron chi connectivity index (χ4n) is 2.19. The maximum atomic E-state index is 5.78. The van der Waals surface area contributed by atoms with Crippen molar-refractivity contribution in [3.63, 3.8) is 0 Å². The first-order chi connectivity index (χ1) is 9.22. The van der Waals surface area contributed by atoms with Crippen LogP contribution in [0.15, 0.2) is 28.9 Å². The molecule has 0 saturated heterocycles. The van der Waals surface area contributed by atoms with Crippen LogP contribution in [0.2, 0.25) is 0 Å². The highest BCUT2D eigenvalue weighted by atomic mass is 16.6. The fraction of sp³-hybridized carbons (Fsp3) is 0.308. The highest BCUT2D eigenvalue weighted by Crippen LogP contribution is 2.30. The number of nitrogens with two attached hydrogens (primary N) is 1. The summed E-state index contributed by atoms with van der Waals surface area (Å²) in [5.74, 6) is 0.967. The third-order valence-electron chi connectivity index (χ3n) is 3.35. The molecule has 0 fully saturated rings. The largest absolute Gasteiger partial charge is 0.379 e. The molecule has 19 heavy (non-hydrogen) atoms. The van der Waals surface area contributed by atoms with Crippen LogP contribution in [-0.2, 0) is 0 Å². The number of nitrogen functional groups attached to an aromatic ring is 1. The third kappa shape index (κ3) is 1.76. The Hall–Kier alpha value is -2.37. The Labute approximate surface area is 110 Å². The zero-order chi connectivity index (χ0) is 13.4. The van der Waals surface area contributed by atoms with Gasteiger partial charge in [-0.05, 0) is 35.8 Å². The molecular formula is C13H15N5O. The summed E-state index contributed by atoms with van der Waals surface area (Å²) in [6.07, 6.45) is 0.985. The maximum absolute atomic E-state index is 5.78. The number of hydrogen-bond donors (Lipinski definition) is 1. The van der Waals surface area contributed by atoms with Gasteiger partial charge in [0.2, 0.25) is 0 Å². The maximum Gasteiger partial charge on any atom is 0.199 e. The monoisotopic (exact) mass is 257 g/mol. The van der Waals surface area contributed by atoms with Crippen molar-refractivity contribution in [2.45, 2.75) is 26.3 Å². The molecule has 2 aromatic heterocycles. The van der Waals surface area contributed by atoms with E-state index in [1.165, 1.54) is 0 Å². The summed E-state index contributed by atoms with van der Waals surface area (Å²) < 4.78 is 6.82. The molecule has 1 aromatic carbocycles. The smallest absolute Gasteiger partial charge is 0.199 e. The van der Waals surface area contributed by atoms with Crippen LogP contribution < -0.4 is 5.73 Å². The van der Waals surface area contributed by atoms with Gasteiger partial charge in [-0.1, -0.05) is 19.1 Å². The van der Waals surface area contributed by atoms with E-state index in [2.05, 4.69) is 38.3 Å². The number of aromatic nitrogens is 4. The normalized spacial score (nSPS) is 12.9. The van der Waals surface area contributed by atoms with Crippen molar-refractivity contribution in [3.05, 3.63) is 24.3 Å². The minimum Gasteiger partial charge on any atom is -0.379 e. The minimum atomic E-state index is 0.264. The van der Waals surface area contributed by atoms with Gasteiger partial charge >= 0.3 is 0 Å². The highest BCUT2D eigenvalue weighted by Gasteiger charge is 2.21. The molecule has 2 heterocycles. The molecule has 0 spiro atoms. The molecule has 3 aromatic rings. The summed E-state index contributed by atoms with van der Waals surface area (Å²) in [5, 5.41) is 7.49. The molecule has 0 aliphatic carbocycles. The van der Waals surface area contributed by atoms with Crippen LogP contribution in [0.1, 0.15) is 26.3 Å². The molecule has 98 valence electrons. The Morgan fingerprint density at radius 1 is 1.32 bits per heavy atom. The number of anilines is 1. The van der Waals surface area contributed by atoms with Crippen LogP contribution >= 0.6 is 0 Å².